The minimum atomic E-state index is -4.70. The lowest BCUT2D eigenvalue weighted by atomic mass is 10.0. The quantitative estimate of drug-likeness (QED) is 0.661. The van der Waals surface area contributed by atoms with Crippen LogP contribution in [0.2, 0.25) is 0 Å². The fourth-order valence-corrected chi connectivity index (χ4v) is 2.73. The molecule has 0 aliphatic rings. The van der Waals surface area contributed by atoms with Crippen LogP contribution in [-0.4, -0.2) is 24.9 Å². The van der Waals surface area contributed by atoms with Gasteiger partial charge < -0.3 is 15.8 Å². The maximum Gasteiger partial charge on any atom is 0.573 e. The van der Waals surface area contributed by atoms with E-state index in [0.717, 1.165) is 29.5 Å². The average Bonchev–Trinajstić information content (AvgIpc) is 2.66. The second-order valence-corrected chi connectivity index (χ2v) is 6.56. The zero-order valence-electron chi connectivity index (χ0n) is 15.8. The number of unbranched alkanes of at least 4 members (excludes halogenated alkanes) is 1. The molecule has 4 nitrogen and oxygen atoms in total. The first-order valence-electron chi connectivity index (χ1n) is 9.27. The smallest absolute Gasteiger partial charge is 0.406 e. The normalized spacial score (nSPS) is 12.5. The Morgan fingerprint density at radius 1 is 1.07 bits per heavy atom. The van der Waals surface area contributed by atoms with Gasteiger partial charge in [0.2, 0.25) is 5.91 Å². The van der Waals surface area contributed by atoms with Gasteiger partial charge in [0.05, 0.1) is 6.04 Å². The van der Waals surface area contributed by atoms with Crippen LogP contribution < -0.4 is 15.8 Å². The van der Waals surface area contributed by atoms with Crippen LogP contribution in [0.3, 0.4) is 0 Å². The lowest BCUT2D eigenvalue weighted by molar-refractivity contribution is -0.274. The molecule has 0 aromatic heterocycles. The molecule has 2 aromatic carbocycles. The molecule has 3 N–H and O–H groups in total. The van der Waals surface area contributed by atoms with Crippen molar-refractivity contribution in [3.8, 4) is 16.9 Å². The van der Waals surface area contributed by atoms with Crippen LogP contribution in [0.4, 0.5) is 13.2 Å². The van der Waals surface area contributed by atoms with E-state index in [9.17, 15) is 18.0 Å². The summed E-state index contributed by atoms with van der Waals surface area (Å²) in [6.07, 6.45) is -1.40. The SMILES string of the molecule is CCCC[C@H](N)C(=O)NCCc1ccc(-c2ccc(OC(F)(F)F)cc2)cc1. The van der Waals surface area contributed by atoms with Gasteiger partial charge in [-0.3, -0.25) is 4.79 Å². The van der Waals surface area contributed by atoms with E-state index < -0.39 is 12.4 Å². The number of nitrogens with two attached hydrogens (primary N) is 1. The Balaban J connectivity index is 1.85. The standard InChI is InChI=1S/C21H25F3N2O2/c1-2-3-4-19(25)20(27)26-14-13-15-5-7-16(8-6-15)17-9-11-18(12-10-17)28-21(22,23)24/h5-12,19H,2-4,13-14,25H2,1H3,(H,26,27)/t19-/m0/s1. The van der Waals surface area contributed by atoms with Crippen molar-refractivity contribution in [2.75, 3.05) is 6.54 Å². The molecule has 0 radical (unpaired) electrons. The summed E-state index contributed by atoms with van der Waals surface area (Å²) in [7, 11) is 0. The monoisotopic (exact) mass is 394 g/mol. The molecule has 152 valence electrons. The van der Waals surface area contributed by atoms with Gasteiger partial charge in [-0.15, -0.1) is 13.2 Å². The zero-order chi connectivity index (χ0) is 20.6. The molecule has 0 unspecified atom stereocenters. The van der Waals surface area contributed by atoms with Crippen molar-refractivity contribution in [1.29, 1.82) is 0 Å². The summed E-state index contributed by atoms with van der Waals surface area (Å²) in [4.78, 5) is 11.9. The molecule has 0 saturated carbocycles. The van der Waals surface area contributed by atoms with Gasteiger partial charge in [0.1, 0.15) is 5.75 Å². The van der Waals surface area contributed by atoms with Gasteiger partial charge in [-0.1, -0.05) is 56.2 Å². The van der Waals surface area contributed by atoms with Gasteiger partial charge in [-0.2, -0.15) is 0 Å². The molecule has 7 heteroatoms. The van der Waals surface area contributed by atoms with Gasteiger partial charge in [0, 0.05) is 6.54 Å². The van der Waals surface area contributed by atoms with Gasteiger partial charge in [-0.25, -0.2) is 0 Å². The third kappa shape index (κ3) is 7.23. The Morgan fingerprint density at radius 2 is 1.64 bits per heavy atom. The number of amides is 1. The highest BCUT2D eigenvalue weighted by Crippen LogP contribution is 2.26. The van der Waals surface area contributed by atoms with Gasteiger partial charge in [-0.05, 0) is 41.7 Å². The molecule has 2 rings (SSSR count). The first-order valence-corrected chi connectivity index (χ1v) is 9.27. The van der Waals surface area contributed by atoms with E-state index in [-0.39, 0.29) is 11.7 Å². The van der Waals surface area contributed by atoms with Crippen LogP contribution in [0, 0.1) is 0 Å². The van der Waals surface area contributed by atoms with Crippen molar-refractivity contribution in [3.05, 3.63) is 54.1 Å². The summed E-state index contributed by atoms with van der Waals surface area (Å²) in [6.45, 7) is 2.56. The maximum atomic E-state index is 12.2. The molecule has 0 saturated heterocycles. The lowest BCUT2D eigenvalue weighted by Gasteiger charge is -2.12. The summed E-state index contributed by atoms with van der Waals surface area (Å²) in [6, 6.07) is 12.9. The molecular formula is C21H25F3N2O2. The largest absolute Gasteiger partial charge is 0.573 e. The molecule has 1 atom stereocenters. The van der Waals surface area contributed by atoms with E-state index in [0.29, 0.717) is 19.4 Å². The second-order valence-electron chi connectivity index (χ2n) is 6.56. The minimum absolute atomic E-state index is 0.133. The van der Waals surface area contributed by atoms with Crippen LogP contribution in [0.1, 0.15) is 31.7 Å². The van der Waals surface area contributed by atoms with E-state index in [1.807, 2.05) is 24.3 Å². The molecule has 1 amide bonds. The summed E-state index contributed by atoms with van der Waals surface area (Å²) in [5, 5.41) is 2.84. The Labute approximate surface area is 162 Å². The first kappa shape index (κ1) is 21.8. The number of benzene rings is 2. The summed E-state index contributed by atoms with van der Waals surface area (Å²) in [5.41, 5.74) is 8.54. The van der Waals surface area contributed by atoms with Crippen molar-refractivity contribution < 1.29 is 22.7 Å². The zero-order valence-corrected chi connectivity index (χ0v) is 15.8. The summed E-state index contributed by atoms with van der Waals surface area (Å²) in [5.74, 6) is -0.382. The number of carbonyl (C=O) groups is 1. The first-order chi connectivity index (χ1) is 13.3. The van der Waals surface area contributed by atoms with E-state index >= 15 is 0 Å². The number of carbonyl (C=O) groups excluding carboxylic acids is 1. The molecule has 0 aliphatic carbocycles. The van der Waals surface area contributed by atoms with Crippen molar-refractivity contribution in [1.82, 2.24) is 5.32 Å². The Kier molecular flexibility index (Phi) is 7.87. The van der Waals surface area contributed by atoms with Crippen LogP contribution in [-0.2, 0) is 11.2 Å². The van der Waals surface area contributed by atoms with E-state index in [1.54, 1.807) is 12.1 Å². The molecule has 2 aromatic rings. The number of halogens is 3. The third-order valence-corrected chi connectivity index (χ3v) is 4.29. The number of hydrogen-bond acceptors (Lipinski definition) is 3. The lowest BCUT2D eigenvalue weighted by Crippen LogP contribution is -2.41. The highest BCUT2D eigenvalue weighted by atomic mass is 19.4. The minimum Gasteiger partial charge on any atom is -0.406 e. The molecule has 0 spiro atoms. The fraction of sp³-hybridized carbons (Fsp3) is 0.381. The van der Waals surface area contributed by atoms with Gasteiger partial charge >= 0.3 is 6.36 Å². The maximum absolute atomic E-state index is 12.2. The van der Waals surface area contributed by atoms with Crippen molar-refractivity contribution in [3.63, 3.8) is 0 Å². The molecule has 0 heterocycles. The average molecular weight is 394 g/mol. The predicted octanol–water partition coefficient (Wildman–Crippen LogP) is 4.43. The van der Waals surface area contributed by atoms with Crippen LogP contribution >= 0.6 is 0 Å². The van der Waals surface area contributed by atoms with E-state index in [2.05, 4.69) is 17.0 Å². The molecule has 0 aliphatic heterocycles. The van der Waals surface area contributed by atoms with Gasteiger partial charge in [0.15, 0.2) is 0 Å². The summed E-state index contributed by atoms with van der Waals surface area (Å²) >= 11 is 0. The van der Waals surface area contributed by atoms with Crippen LogP contribution in [0.15, 0.2) is 48.5 Å². The highest BCUT2D eigenvalue weighted by molar-refractivity contribution is 5.81. The Hall–Kier alpha value is -2.54. The van der Waals surface area contributed by atoms with Gasteiger partial charge in [0.25, 0.3) is 0 Å². The third-order valence-electron chi connectivity index (χ3n) is 4.29. The number of rotatable bonds is 9. The number of ether oxygens (including phenoxy) is 1. The molecule has 0 bridgehead atoms. The van der Waals surface area contributed by atoms with Crippen molar-refractivity contribution >= 4 is 5.91 Å². The number of alkyl halides is 3. The molecular weight excluding hydrogens is 369 g/mol. The topological polar surface area (TPSA) is 64.4 Å². The Bertz CT molecular complexity index is 744. The number of nitrogens with one attached hydrogen (secondary N) is 1. The highest BCUT2D eigenvalue weighted by Gasteiger charge is 2.30. The predicted molar refractivity (Wildman–Crippen MR) is 103 cm³/mol. The number of hydrogen-bond donors (Lipinski definition) is 2. The summed E-state index contributed by atoms with van der Waals surface area (Å²) < 4.78 is 40.5. The van der Waals surface area contributed by atoms with E-state index in [4.69, 9.17) is 5.73 Å². The fourth-order valence-electron chi connectivity index (χ4n) is 2.73. The molecule has 28 heavy (non-hydrogen) atoms. The van der Waals surface area contributed by atoms with Crippen LogP contribution in [0.5, 0.6) is 5.75 Å². The molecule has 0 fully saturated rings. The van der Waals surface area contributed by atoms with Crippen molar-refractivity contribution in [2.45, 2.75) is 45.0 Å². The van der Waals surface area contributed by atoms with Crippen molar-refractivity contribution in [2.24, 2.45) is 5.73 Å². The van der Waals surface area contributed by atoms with Crippen LogP contribution in [0.25, 0.3) is 11.1 Å². The second kappa shape index (κ2) is 10.1. The van der Waals surface area contributed by atoms with E-state index in [1.165, 1.54) is 12.1 Å². The Morgan fingerprint density at radius 3 is 2.18 bits per heavy atom.